The highest BCUT2D eigenvalue weighted by Crippen LogP contribution is 2.23. The minimum Gasteiger partial charge on any atom is -0.494 e. The largest absolute Gasteiger partial charge is 0.494 e. The number of ether oxygens (including phenoxy) is 1. The van der Waals surface area contributed by atoms with Crippen LogP contribution in [-0.2, 0) is 18.3 Å². The van der Waals surface area contributed by atoms with Crippen LogP contribution in [0.2, 0.25) is 0 Å². The van der Waals surface area contributed by atoms with Crippen molar-refractivity contribution in [1.29, 1.82) is 0 Å². The summed E-state index contributed by atoms with van der Waals surface area (Å²) < 4.78 is 5.42. The zero-order valence-electron chi connectivity index (χ0n) is 16.2. The van der Waals surface area contributed by atoms with Crippen LogP contribution < -0.4 is 4.74 Å². The normalized spacial score (nSPS) is 12.6. The monoisotopic (exact) mass is 355 g/mol. The first-order valence-electron chi connectivity index (χ1n) is 9.24. The molecule has 140 valence electrons. The summed E-state index contributed by atoms with van der Waals surface area (Å²) in [5.41, 5.74) is 3.52. The summed E-state index contributed by atoms with van der Waals surface area (Å²) in [4.78, 5) is 11.3. The van der Waals surface area contributed by atoms with Crippen LogP contribution in [0.15, 0.2) is 48.5 Å². The van der Waals surface area contributed by atoms with Gasteiger partial charge in [0.15, 0.2) is 0 Å². The van der Waals surface area contributed by atoms with Crippen molar-refractivity contribution in [2.75, 3.05) is 6.61 Å². The zero-order valence-corrected chi connectivity index (χ0v) is 16.2. The molecule has 4 heteroatoms. The fourth-order valence-corrected chi connectivity index (χ4v) is 2.95. The van der Waals surface area contributed by atoms with Crippen LogP contribution in [0.4, 0.5) is 0 Å². The van der Waals surface area contributed by atoms with Gasteiger partial charge in [0.05, 0.1) is 6.61 Å². The Morgan fingerprint density at radius 1 is 1.00 bits per heavy atom. The molecule has 1 atom stereocenters. The van der Waals surface area contributed by atoms with Gasteiger partial charge in [0, 0.05) is 17.8 Å². The molecule has 0 aliphatic heterocycles. The van der Waals surface area contributed by atoms with Gasteiger partial charge in [-0.3, -0.25) is 10.1 Å². The summed E-state index contributed by atoms with van der Waals surface area (Å²) in [6.07, 6.45) is 1.70. The van der Waals surface area contributed by atoms with E-state index in [9.17, 15) is 10.1 Å². The van der Waals surface area contributed by atoms with Crippen molar-refractivity contribution in [3.8, 4) is 5.75 Å². The highest BCUT2D eigenvalue weighted by Gasteiger charge is 2.21. The van der Waals surface area contributed by atoms with Gasteiger partial charge in [-0.05, 0) is 47.6 Å². The number of hydrogen-bond acceptors (Lipinski definition) is 3. The van der Waals surface area contributed by atoms with Gasteiger partial charge >= 0.3 is 0 Å². The van der Waals surface area contributed by atoms with Crippen LogP contribution in [0.25, 0.3) is 0 Å². The standard InChI is InChI=1S/C22H29NO3/c1-5-26-21-14-9-18(10-15-21)16-20(23(24)25)13-8-17-6-11-19(12-7-17)22(2,3)4/h6-7,9-12,14-15,20H,5,8,13,16H2,1-4H3. The van der Waals surface area contributed by atoms with E-state index in [-0.39, 0.29) is 10.3 Å². The van der Waals surface area contributed by atoms with Crippen LogP contribution >= 0.6 is 0 Å². The molecule has 2 rings (SSSR count). The lowest BCUT2D eigenvalue weighted by Gasteiger charge is -2.19. The fraction of sp³-hybridized carbons (Fsp3) is 0.455. The second-order valence-electron chi connectivity index (χ2n) is 7.71. The molecular weight excluding hydrogens is 326 g/mol. The van der Waals surface area contributed by atoms with Gasteiger partial charge < -0.3 is 4.74 Å². The third kappa shape index (κ3) is 5.87. The summed E-state index contributed by atoms with van der Waals surface area (Å²) in [6, 6.07) is 15.5. The van der Waals surface area contributed by atoms with Gasteiger partial charge in [-0.15, -0.1) is 0 Å². The minimum absolute atomic E-state index is 0.121. The minimum atomic E-state index is -0.574. The topological polar surface area (TPSA) is 52.4 Å². The molecule has 2 aromatic rings. The van der Waals surface area contributed by atoms with Crippen molar-refractivity contribution in [1.82, 2.24) is 0 Å². The molecule has 0 N–H and O–H groups in total. The van der Waals surface area contributed by atoms with E-state index in [0.717, 1.165) is 16.9 Å². The maximum absolute atomic E-state index is 11.5. The first-order valence-corrected chi connectivity index (χ1v) is 9.24. The van der Waals surface area contributed by atoms with E-state index in [1.165, 1.54) is 5.56 Å². The van der Waals surface area contributed by atoms with Crippen LogP contribution in [-0.4, -0.2) is 17.6 Å². The summed E-state index contributed by atoms with van der Waals surface area (Å²) in [6.45, 7) is 9.10. The van der Waals surface area contributed by atoms with Gasteiger partial charge in [0.2, 0.25) is 6.04 Å². The molecule has 0 aliphatic carbocycles. The Hall–Kier alpha value is -2.36. The molecule has 1 unspecified atom stereocenters. The van der Waals surface area contributed by atoms with Crippen molar-refractivity contribution in [3.05, 3.63) is 75.3 Å². The van der Waals surface area contributed by atoms with Crippen LogP contribution in [0.5, 0.6) is 5.75 Å². The van der Waals surface area contributed by atoms with E-state index in [4.69, 9.17) is 4.74 Å². The Morgan fingerprint density at radius 2 is 1.58 bits per heavy atom. The number of hydrogen-bond donors (Lipinski definition) is 0. The summed E-state index contributed by atoms with van der Waals surface area (Å²) in [5, 5.41) is 11.5. The molecule has 0 bridgehead atoms. The lowest BCUT2D eigenvalue weighted by atomic mass is 9.86. The van der Waals surface area contributed by atoms with E-state index in [0.29, 0.717) is 25.9 Å². The second-order valence-corrected chi connectivity index (χ2v) is 7.71. The summed E-state index contributed by atoms with van der Waals surface area (Å²) in [5.74, 6) is 0.799. The molecule has 0 spiro atoms. The average molecular weight is 355 g/mol. The molecule has 0 amide bonds. The molecule has 0 aromatic heterocycles. The first kappa shape index (κ1) is 20.0. The van der Waals surface area contributed by atoms with E-state index in [2.05, 4.69) is 45.0 Å². The fourth-order valence-electron chi connectivity index (χ4n) is 2.95. The zero-order chi connectivity index (χ0) is 19.2. The molecule has 0 fully saturated rings. The van der Waals surface area contributed by atoms with Crippen LogP contribution in [0.1, 0.15) is 50.8 Å². The number of nitrogens with zero attached hydrogens (tertiary/aromatic N) is 1. The van der Waals surface area contributed by atoms with E-state index in [1.807, 2.05) is 31.2 Å². The summed E-state index contributed by atoms with van der Waals surface area (Å²) >= 11 is 0. The van der Waals surface area contributed by atoms with E-state index in [1.54, 1.807) is 0 Å². The number of aryl methyl sites for hydroxylation is 1. The van der Waals surface area contributed by atoms with Crippen LogP contribution in [0, 0.1) is 10.1 Å². The highest BCUT2D eigenvalue weighted by atomic mass is 16.6. The lowest BCUT2D eigenvalue weighted by Crippen LogP contribution is -2.23. The third-order valence-electron chi connectivity index (χ3n) is 4.59. The Morgan fingerprint density at radius 3 is 2.08 bits per heavy atom. The number of nitro groups is 1. The van der Waals surface area contributed by atoms with Crippen molar-refractivity contribution in [2.45, 2.75) is 58.4 Å². The predicted octanol–water partition coefficient (Wildman–Crippen LogP) is 5.20. The number of rotatable bonds is 8. The maximum Gasteiger partial charge on any atom is 0.217 e. The van der Waals surface area contributed by atoms with E-state index >= 15 is 0 Å². The number of benzene rings is 2. The van der Waals surface area contributed by atoms with Crippen LogP contribution in [0.3, 0.4) is 0 Å². The predicted molar refractivity (Wildman–Crippen MR) is 106 cm³/mol. The van der Waals surface area contributed by atoms with Gasteiger partial charge in [0.25, 0.3) is 0 Å². The van der Waals surface area contributed by atoms with Gasteiger partial charge in [-0.25, -0.2) is 0 Å². The van der Waals surface area contributed by atoms with Gasteiger partial charge in [-0.2, -0.15) is 0 Å². The van der Waals surface area contributed by atoms with Crippen molar-refractivity contribution < 1.29 is 9.66 Å². The Kier molecular flexibility index (Phi) is 6.78. The molecule has 2 aromatic carbocycles. The quantitative estimate of drug-likeness (QED) is 0.483. The first-order chi connectivity index (χ1) is 12.3. The Bertz CT molecular complexity index is 700. The molecule has 0 aliphatic rings. The van der Waals surface area contributed by atoms with Crippen molar-refractivity contribution in [2.24, 2.45) is 0 Å². The van der Waals surface area contributed by atoms with Crippen molar-refractivity contribution >= 4 is 0 Å². The molecule has 0 saturated carbocycles. The smallest absolute Gasteiger partial charge is 0.217 e. The van der Waals surface area contributed by atoms with Gasteiger partial charge in [0.1, 0.15) is 5.75 Å². The van der Waals surface area contributed by atoms with E-state index < -0.39 is 6.04 Å². The third-order valence-corrected chi connectivity index (χ3v) is 4.59. The molecule has 26 heavy (non-hydrogen) atoms. The summed E-state index contributed by atoms with van der Waals surface area (Å²) in [7, 11) is 0. The molecule has 0 heterocycles. The SMILES string of the molecule is CCOc1ccc(CC(CCc2ccc(C(C)(C)C)cc2)[N+](=O)[O-])cc1. The van der Waals surface area contributed by atoms with Crippen molar-refractivity contribution in [3.63, 3.8) is 0 Å². The molecule has 0 saturated heterocycles. The molecule has 0 radical (unpaired) electrons. The average Bonchev–Trinajstić information content (AvgIpc) is 2.59. The Balaban J connectivity index is 1.96. The second kappa shape index (κ2) is 8.84. The Labute approximate surface area is 156 Å². The highest BCUT2D eigenvalue weighted by molar-refractivity contribution is 5.29. The molecule has 4 nitrogen and oxygen atoms in total. The van der Waals surface area contributed by atoms with Gasteiger partial charge in [-0.1, -0.05) is 57.2 Å². The lowest BCUT2D eigenvalue weighted by molar-refractivity contribution is -0.523. The maximum atomic E-state index is 11.5. The molecular formula is C22H29NO3.